The fraction of sp³-hybridized carbons (Fsp3) is 0.357. The van der Waals surface area contributed by atoms with Crippen molar-refractivity contribution in [1.29, 1.82) is 0 Å². The first kappa shape index (κ1) is 16.1. The second-order valence-electron chi connectivity index (χ2n) is 4.57. The van der Waals surface area contributed by atoms with Gasteiger partial charge in [-0.2, -0.15) is 0 Å². The van der Waals surface area contributed by atoms with Crippen LogP contribution in [0.2, 0.25) is 0 Å². The van der Waals surface area contributed by atoms with Crippen molar-refractivity contribution >= 4 is 5.91 Å². The highest BCUT2D eigenvalue weighted by Gasteiger charge is 2.31. The number of rotatable bonds is 4. The van der Waals surface area contributed by atoms with Gasteiger partial charge in [0.05, 0.1) is 6.04 Å². The van der Waals surface area contributed by atoms with Gasteiger partial charge >= 0.3 is 6.36 Å². The van der Waals surface area contributed by atoms with Gasteiger partial charge in [-0.15, -0.1) is 13.2 Å². The Balaban J connectivity index is 2.68. The fourth-order valence-electron chi connectivity index (χ4n) is 1.56. The van der Waals surface area contributed by atoms with Crippen LogP contribution < -0.4 is 10.1 Å². The number of carbonyl (C=O) groups is 1. The number of halogens is 3. The molecule has 1 rings (SSSR count). The third kappa shape index (κ3) is 5.77. The van der Waals surface area contributed by atoms with Gasteiger partial charge in [-0.3, -0.25) is 4.79 Å². The zero-order valence-electron chi connectivity index (χ0n) is 11.4. The Morgan fingerprint density at radius 2 is 1.80 bits per heavy atom. The second-order valence-corrected chi connectivity index (χ2v) is 4.57. The maximum atomic E-state index is 12.0. The largest absolute Gasteiger partial charge is 0.573 e. The highest BCUT2D eigenvalue weighted by Crippen LogP contribution is 2.24. The molecule has 0 saturated carbocycles. The number of hydrogen-bond acceptors (Lipinski definition) is 2. The zero-order chi connectivity index (χ0) is 15.3. The zero-order valence-corrected chi connectivity index (χ0v) is 11.4. The van der Waals surface area contributed by atoms with E-state index in [1.807, 2.05) is 0 Å². The molecule has 1 atom stereocenters. The molecule has 1 N–H and O–H groups in total. The minimum atomic E-state index is -4.70. The molecule has 0 aromatic heterocycles. The molecular formula is C14H16F3NO2. The molecule has 0 heterocycles. The molecular weight excluding hydrogens is 271 g/mol. The molecule has 0 aliphatic carbocycles. The number of allylic oxidation sites excluding steroid dienone is 1. The van der Waals surface area contributed by atoms with Crippen molar-refractivity contribution in [2.45, 2.75) is 33.2 Å². The number of benzene rings is 1. The highest BCUT2D eigenvalue weighted by atomic mass is 19.4. The molecule has 6 heteroatoms. The smallest absolute Gasteiger partial charge is 0.406 e. The van der Waals surface area contributed by atoms with E-state index in [4.69, 9.17) is 0 Å². The first-order chi connectivity index (χ1) is 9.17. The van der Waals surface area contributed by atoms with E-state index >= 15 is 0 Å². The highest BCUT2D eigenvalue weighted by molar-refractivity contribution is 5.88. The van der Waals surface area contributed by atoms with E-state index in [-0.39, 0.29) is 17.7 Å². The lowest BCUT2D eigenvalue weighted by Crippen LogP contribution is -2.25. The molecule has 0 radical (unpaired) electrons. The molecule has 0 fully saturated rings. The quantitative estimate of drug-likeness (QED) is 0.857. The predicted octanol–water partition coefficient (Wildman–Crippen LogP) is 3.73. The summed E-state index contributed by atoms with van der Waals surface area (Å²) >= 11 is 0. The molecule has 0 unspecified atom stereocenters. The summed E-state index contributed by atoms with van der Waals surface area (Å²) in [6.45, 7) is 5.34. The van der Waals surface area contributed by atoms with Gasteiger partial charge in [0.2, 0.25) is 5.91 Å². The molecule has 0 saturated heterocycles. The van der Waals surface area contributed by atoms with Crippen LogP contribution >= 0.6 is 0 Å². The maximum absolute atomic E-state index is 12.0. The first-order valence-electron chi connectivity index (χ1n) is 5.98. The summed E-state index contributed by atoms with van der Waals surface area (Å²) in [6.07, 6.45) is -3.25. The number of carbonyl (C=O) groups excluding carboxylic acids is 1. The van der Waals surface area contributed by atoms with Crippen LogP contribution in [-0.2, 0) is 4.79 Å². The van der Waals surface area contributed by atoms with Crippen LogP contribution in [0, 0.1) is 0 Å². The molecule has 0 aliphatic heterocycles. The number of hydrogen-bond donors (Lipinski definition) is 1. The summed E-state index contributed by atoms with van der Waals surface area (Å²) < 4.78 is 39.8. The Morgan fingerprint density at radius 1 is 1.25 bits per heavy atom. The van der Waals surface area contributed by atoms with Gasteiger partial charge in [-0.1, -0.05) is 17.7 Å². The van der Waals surface area contributed by atoms with Crippen LogP contribution in [-0.4, -0.2) is 12.3 Å². The molecule has 1 aromatic rings. The molecule has 0 aliphatic rings. The van der Waals surface area contributed by atoms with Crippen molar-refractivity contribution in [1.82, 2.24) is 5.32 Å². The van der Waals surface area contributed by atoms with Crippen molar-refractivity contribution in [2.24, 2.45) is 0 Å². The van der Waals surface area contributed by atoms with Gasteiger partial charge < -0.3 is 10.1 Å². The van der Waals surface area contributed by atoms with Crippen LogP contribution in [0.25, 0.3) is 0 Å². The summed E-state index contributed by atoms with van der Waals surface area (Å²) in [7, 11) is 0. The van der Waals surface area contributed by atoms with Crippen LogP contribution in [0.3, 0.4) is 0 Å². The molecule has 0 spiro atoms. The lowest BCUT2D eigenvalue weighted by atomic mass is 10.1. The van der Waals surface area contributed by atoms with Crippen molar-refractivity contribution in [2.75, 3.05) is 0 Å². The molecule has 0 bridgehead atoms. The number of alkyl halides is 3. The van der Waals surface area contributed by atoms with Crippen LogP contribution in [0.15, 0.2) is 35.9 Å². The van der Waals surface area contributed by atoms with E-state index in [1.165, 1.54) is 30.3 Å². The van der Waals surface area contributed by atoms with E-state index < -0.39 is 6.36 Å². The van der Waals surface area contributed by atoms with Crippen molar-refractivity contribution < 1.29 is 22.7 Å². The molecule has 1 aromatic carbocycles. The van der Waals surface area contributed by atoms with E-state index in [0.717, 1.165) is 5.57 Å². The number of amides is 1. The SMILES string of the molecule is CC(C)=CC(=O)N[C@@H](C)c1ccc(OC(F)(F)F)cc1. The first-order valence-corrected chi connectivity index (χ1v) is 5.98. The van der Waals surface area contributed by atoms with E-state index in [0.29, 0.717) is 5.56 Å². The van der Waals surface area contributed by atoms with E-state index in [9.17, 15) is 18.0 Å². The summed E-state index contributed by atoms with van der Waals surface area (Å²) in [4.78, 5) is 11.5. The average Bonchev–Trinajstić information content (AvgIpc) is 2.26. The summed E-state index contributed by atoms with van der Waals surface area (Å²) in [6, 6.07) is 5.08. The van der Waals surface area contributed by atoms with E-state index in [2.05, 4.69) is 10.1 Å². The summed E-state index contributed by atoms with van der Waals surface area (Å²) in [5.74, 6) is -0.530. The third-order valence-corrected chi connectivity index (χ3v) is 2.39. The standard InChI is InChI=1S/C14H16F3NO2/c1-9(2)8-13(19)18-10(3)11-4-6-12(7-5-11)20-14(15,16)17/h4-8,10H,1-3H3,(H,18,19)/t10-/m0/s1. The normalized spacial score (nSPS) is 12.5. The predicted molar refractivity (Wildman–Crippen MR) is 69.1 cm³/mol. The molecule has 20 heavy (non-hydrogen) atoms. The van der Waals surface area contributed by atoms with Gasteiger partial charge in [-0.05, 0) is 38.5 Å². The van der Waals surface area contributed by atoms with Gasteiger partial charge in [0.25, 0.3) is 0 Å². The lowest BCUT2D eigenvalue weighted by Gasteiger charge is -2.14. The fourth-order valence-corrected chi connectivity index (χ4v) is 1.56. The second kappa shape index (κ2) is 6.45. The van der Waals surface area contributed by atoms with Gasteiger partial charge in [0.1, 0.15) is 5.75 Å². The Morgan fingerprint density at radius 3 is 2.25 bits per heavy atom. The van der Waals surface area contributed by atoms with Crippen LogP contribution in [0.4, 0.5) is 13.2 Å². The van der Waals surface area contributed by atoms with Gasteiger partial charge in [-0.25, -0.2) is 0 Å². The van der Waals surface area contributed by atoms with E-state index in [1.54, 1.807) is 20.8 Å². The molecule has 1 amide bonds. The molecule has 110 valence electrons. The topological polar surface area (TPSA) is 38.3 Å². The van der Waals surface area contributed by atoms with Crippen LogP contribution in [0.1, 0.15) is 32.4 Å². The van der Waals surface area contributed by atoms with Crippen molar-refractivity contribution in [3.8, 4) is 5.75 Å². The summed E-state index contributed by atoms with van der Waals surface area (Å²) in [5.41, 5.74) is 1.55. The summed E-state index contributed by atoms with van der Waals surface area (Å²) in [5, 5.41) is 2.72. The van der Waals surface area contributed by atoms with Gasteiger partial charge in [0, 0.05) is 6.08 Å². The van der Waals surface area contributed by atoms with Gasteiger partial charge in [0.15, 0.2) is 0 Å². The van der Waals surface area contributed by atoms with Crippen LogP contribution in [0.5, 0.6) is 5.75 Å². The Bertz CT molecular complexity index is 488. The van der Waals surface area contributed by atoms with Crippen molar-refractivity contribution in [3.05, 3.63) is 41.5 Å². The lowest BCUT2D eigenvalue weighted by molar-refractivity contribution is -0.274. The Kier molecular flexibility index (Phi) is 5.19. The third-order valence-electron chi connectivity index (χ3n) is 2.39. The Hall–Kier alpha value is -1.98. The monoisotopic (exact) mass is 287 g/mol. The minimum absolute atomic E-state index is 0.242. The molecule has 3 nitrogen and oxygen atoms in total. The van der Waals surface area contributed by atoms with Crippen molar-refractivity contribution in [3.63, 3.8) is 0 Å². The number of nitrogens with one attached hydrogen (secondary N) is 1. The number of ether oxygens (including phenoxy) is 1. The maximum Gasteiger partial charge on any atom is 0.573 e. The minimum Gasteiger partial charge on any atom is -0.406 e. The Labute approximate surface area is 115 Å². The average molecular weight is 287 g/mol.